The van der Waals surface area contributed by atoms with E-state index in [9.17, 15) is 0 Å². The molecule has 3 aliphatic carbocycles. The van der Waals surface area contributed by atoms with Crippen LogP contribution < -0.4 is 11.1 Å². The average molecular weight is 511 g/mol. The van der Waals surface area contributed by atoms with Crippen LogP contribution in [0.5, 0.6) is 0 Å². The van der Waals surface area contributed by atoms with Gasteiger partial charge in [-0.3, -0.25) is 0 Å². The Labute approximate surface area is 221 Å². The lowest BCUT2D eigenvalue weighted by atomic mass is 9.91. The minimum atomic E-state index is -0.595. The number of aromatic nitrogens is 4. The molecule has 196 valence electrons. The maximum atomic E-state index is 6.61. The van der Waals surface area contributed by atoms with Crippen molar-refractivity contribution in [1.82, 2.24) is 19.5 Å². The van der Waals surface area contributed by atoms with Gasteiger partial charge in [-0.05, 0) is 88.1 Å². The molecule has 0 amide bonds. The molecule has 8 nitrogen and oxygen atoms in total. The smallest absolute Gasteiger partial charge is 0.163 e. The fourth-order valence-corrected chi connectivity index (χ4v) is 7.40. The summed E-state index contributed by atoms with van der Waals surface area (Å²) in [5.41, 5.74) is 9.53. The highest BCUT2D eigenvalue weighted by atomic mass is 16.8. The second-order valence-electron chi connectivity index (χ2n) is 12.3. The first kappa shape index (κ1) is 22.7. The first-order chi connectivity index (χ1) is 18.4. The maximum Gasteiger partial charge on any atom is 0.163 e. The highest BCUT2D eigenvalue weighted by Gasteiger charge is 2.75. The van der Waals surface area contributed by atoms with E-state index in [4.69, 9.17) is 20.2 Å². The lowest BCUT2D eigenvalue weighted by molar-refractivity contribution is -0.161. The molecule has 4 aliphatic rings. The summed E-state index contributed by atoms with van der Waals surface area (Å²) in [6.07, 6.45) is 10.7. The topological polar surface area (TPSA) is 100 Å². The van der Waals surface area contributed by atoms with Gasteiger partial charge in [0.05, 0.1) is 23.0 Å². The van der Waals surface area contributed by atoms with Crippen molar-refractivity contribution in [2.24, 2.45) is 11.3 Å². The number of fused-ring (bicyclic) bond motifs is 5. The molecule has 8 heteroatoms. The summed E-state index contributed by atoms with van der Waals surface area (Å²) in [4.78, 5) is 13.7. The quantitative estimate of drug-likeness (QED) is 0.366. The van der Waals surface area contributed by atoms with Crippen molar-refractivity contribution in [3.63, 3.8) is 0 Å². The van der Waals surface area contributed by atoms with Crippen molar-refractivity contribution >= 4 is 33.6 Å². The van der Waals surface area contributed by atoms with E-state index >= 15 is 0 Å². The van der Waals surface area contributed by atoms with Gasteiger partial charge in [0.25, 0.3) is 0 Å². The van der Waals surface area contributed by atoms with Crippen molar-refractivity contribution in [1.29, 1.82) is 0 Å². The molecule has 0 unspecified atom stereocenters. The average Bonchev–Trinajstić information content (AvgIpc) is 3.13. The zero-order valence-electron chi connectivity index (χ0n) is 21.9. The molecule has 0 bridgehead atoms. The Morgan fingerprint density at radius 2 is 1.97 bits per heavy atom. The Morgan fingerprint density at radius 3 is 2.82 bits per heavy atom. The van der Waals surface area contributed by atoms with Crippen molar-refractivity contribution in [3.8, 4) is 0 Å². The number of aryl methyl sites for hydroxylation is 1. The lowest BCUT2D eigenvalue weighted by Crippen LogP contribution is -2.32. The number of rotatable bonds is 6. The molecular formula is C30H34N6O2. The third-order valence-corrected chi connectivity index (χ3v) is 9.58. The molecule has 1 aliphatic heterocycles. The number of nitrogens with zero attached hydrogens (tertiary/aromatic N) is 4. The van der Waals surface area contributed by atoms with Crippen LogP contribution in [0.25, 0.3) is 21.9 Å². The van der Waals surface area contributed by atoms with Gasteiger partial charge in [-0.15, -0.1) is 0 Å². The van der Waals surface area contributed by atoms with E-state index in [1.807, 2.05) is 19.9 Å². The molecule has 0 spiro atoms. The predicted molar refractivity (Wildman–Crippen MR) is 147 cm³/mol. The van der Waals surface area contributed by atoms with Crippen LogP contribution in [0.3, 0.4) is 0 Å². The normalized spacial score (nSPS) is 31.3. The van der Waals surface area contributed by atoms with Gasteiger partial charge in [-0.1, -0.05) is 12.1 Å². The fourth-order valence-electron chi connectivity index (χ4n) is 7.40. The Hall–Kier alpha value is -3.23. The van der Waals surface area contributed by atoms with Gasteiger partial charge in [-0.25, -0.2) is 15.0 Å². The summed E-state index contributed by atoms with van der Waals surface area (Å²) >= 11 is 0. The van der Waals surface area contributed by atoms with Crippen LogP contribution in [0.15, 0.2) is 48.9 Å². The fraction of sp³-hybridized carbons (Fsp3) is 0.500. The van der Waals surface area contributed by atoms with Gasteiger partial charge in [0.1, 0.15) is 29.7 Å². The third kappa shape index (κ3) is 3.39. The molecule has 1 aromatic carbocycles. The van der Waals surface area contributed by atoms with Crippen LogP contribution in [0.1, 0.15) is 57.6 Å². The molecule has 8 rings (SSSR count). The van der Waals surface area contributed by atoms with Crippen molar-refractivity contribution in [2.75, 3.05) is 11.1 Å². The molecule has 38 heavy (non-hydrogen) atoms. The van der Waals surface area contributed by atoms with Gasteiger partial charge in [0, 0.05) is 23.0 Å². The van der Waals surface area contributed by atoms with E-state index in [-0.39, 0.29) is 23.7 Å². The van der Waals surface area contributed by atoms with Gasteiger partial charge < -0.3 is 25.1 Å². The van der Waals surface area contributed by atoms with Gasteiger partial charge in [0.15, 0.2) is 5.79 Å². The van der Waals surface area contributed by atoms with Crippen LogP contribution in [0.4, 0.5) is 11.6 Å². The predicted octanol–water partition coefficient (Wildman–Crippen LogP) is 5.24. The molecule has 5 atom stereocenters. The molecule has 4 heterocycles. The van der Waals surface area contributed by atoms with Crippen LogP contribution in [-0.4, -0.2) is 43.6 Å². The van der Waals surface area contributed by atoms with Crippen LogP contribution >= 0.6 is 0 Å². The van der Waals surface area contributed by atoms with E-state index in [1.165, 1.54) is 30.2 Å². The number of hydrogen-bond acceptors (Lipinski definition) is 7. The number of hydrogen-bond donors (Lipinski definition) is 2. The number of nitrogens with one attached hydrogen (secondary N) is 1. The zero-order chi connectivity index (χ0) is 25.6. The highest BCUT2D eigenvalue weighted by molar-refractivity contribution is 5.86. The summed E-state index contributed by atoms with van der Waals surface area (Å²) in [7, 11) is 0. The number of nitrogens with two attached hydrogens (primary N) is 1. The van der Waals surface area contributed by atoms with E-state index < -0.39 is 5.79 Å². The summed E-state index contributed by atoms with van der Waals surface area (Å²) in [5.74, 6) is 1.40. The highest BCUT2D eigenvalue weighted by Crippen LogP contribution is 2.73. The number of ether oxygens (including phenoxy) is 2. The van der Waals surface area contributed by atoms with Gasteiger partial charge in [-0.2, -0.15) is 0 Å². The second-order valence-corrected chi connectivity index (χ2v) is 12.3. The Balaban J connectivity index is 1.07. The Kier molecular flexibility index (Phi) is 4.72. The SMILES string of the molecule is CC1(C)O[C@H]2[C@H](n3ccc4c(N)ncnc43)[C@H]3C[C@]3(CCc3ccc4ccc(NC5CCC5)nc4c3)[C@H]2O1. The summed E-state index contributed by atoms with van der Waals surface area (Å²) < 4.78 is 15.4. The van der Waals surface area contributed by atoms with Crippen LogP contribution in [0, 0.1) is 11.3 Å². The monoisotopic (exact) mass is 510 g/mol. The maximum absolute atomic E-state index is 6.61. The van der Waals surface area contributed by atoms with Crippen molar-refractivity contribution < 1.29 is 9.47 Å². The molecule has 4 aromatic rings. The van der Waals surface area contributed by atoms with E-state index in [2.05, 4.69) is 56.4 Å². The lowest BCUT2D eigenvalue weighted by Gasteiger charge is -2.27. The van der Waals surface area contributed by atoms with Crippen LogP contribution in [-0.2, 0) is 15.9 Å². The minimum Gasteiger partial charge on any atom is -0.383 e. The summed E-state index contributed by atoms with van der Waals surface area (Å²) in [5, 5.41) is 5.67. The Morgan fingerprint density at radius 1 is 1.11 bits per heavy atom. The third-order valence-electron chi connectivity index (χ3n) is 9.58. The van der Waals surface area contributed by atoms with Gasteiger partial charge >= 0.3 is 0 Å². The number of nitrogen functional groups attached to an aromatic ring is 1. The molecular weight excluding hydrogens is 476 g/mol. The zero-order valence-corrected chi connectivity index (χ0v) is 21.9. The van der Waals surface area contributed by atoms with Crippen molar-refractivity contribution in [3.05, 3.63) is 54.5 Å². The van der Waals surface area contributed by atoms with E-state index in [0.717, 1.165) is 41.6 Å². The first-order valence-electron chi connectivity index (χ1n) is 14.0. The Bertz CT molecular complexity index is 1560. The number of anilines is 2. The molecule has 0 radical (unpaired) electrons. The molecule has 3 N–H and O–H groups in total. The van der Waals surface area contributed by atoms with Crippen molar-refractivity contribution in [2.45, 2.75) is 82.5 Å². The largest absolute Gasteiger partial charge is 0.383 e. The van der Waals surface area contributed by atoms with Crippen LogP contribution in [0.2, 0.25) is 0 Å². The molecule has 1 saturated heterocycles. The molecule has 3 aromatic heterocycles. The van der Waals surface area contributed by atoms with E-state index in [1.54, 1.807) is 6.33 Å². The van der Waals surface area contributed by atoms with Gasteiger partial charge in [0.2, 0.25) is 0 Å². The summed E-state index contributed by atoms with van der Waals surface area (Å²) in [6, 6.07) is 13.8. The van der Waals surface area contributed by atoms with E-state index in [0.29, 0.717) is 17.8 Å². The molecule has 3 saturated carbocycles. The summed E-state index contributed by atoms with van der Waals surface area (Å²) in [6.45, 7) is 4.07. The first-order valence-corrected chi connectivity index (χ1v) is 14.0. The number of pyridine rings is 1. The molecule has 4 fully saturated rings. The number of benzene rings is 1. The second kappa shape index (κ2) is 7.90. The standard InChI is InChI=1S/C30H34N6O2/c1-29(2)37-25-24(36-13-11-20-27(31)32-16-33-28(20)36)21-15-30(21,26(25)38-29)12-10-17-6-7-18-8-9-23(35-22(18)14-17)34-19-4-3-5-19/h6-9,11,13-14,16,19,21,24-26H,3-5,10,12,15H2,1-2H3,(H,34,35)(H2,31,32,33)/t21-,24-,25+,26+,30+/m1/s1. The minimum absolute atomic E-state index is 0.00560.